The summed E-state index contributed by atoms with van der Waals surface area (Å²) in [7, 11) is 0.784. The molecule has 0 amide bonds. The van der Waals surface area contributed by atoms with Gasteiger partial charge in [-0.1, -0.05) is 23.8 Å². The predicted octanol–water partition coefficient (Wildman–Crippen LogP) is 3.19. The van der Waals surface area contributed by atoms with Crippen molar-refractivity contribution in [3.05, 3.63) is 70.3 Å². The number of allylic oxidation sites excluding steroid dienone is 1. The highest BCUT2D eigenvalue weighted by Crippen LogP contribution is 2.40. The largest absolute Gasteiger partial charge is 0.497 e. The molecule has 0 saturated carbocycles. The van der Waals surface area contributed by atoms with Crippen molar-refractivity contribution in [1.29, 1.82) is 0 Å². The van der Waals surface area contributed by atoms with Gasteiger partial charge in [-0.15, -0.1) is 0 Å². The summed E-state index contributed by atoms with van der Waals surface area (Å²) in [6.07, 6.45) is 2.46. The summed E-state index contributed by atoms with van der Waals surface area (Å²) in [5.41, 5.74) is 5.03. The highest BCUT2D eigenvalue weighted by atomic mass is 32.2. The molecule has 0 fully saturated rings. The average molecular weight is 413 g/mol. The van der Waals surface area contributed by atoms with Crippen molar-refractivity contribution >= 4 is 27.6 Å². The van der Waals surface area contributed by atoms with Gasteiger partial charge in [0.05, 0.1) is 24.7 Å². The number of sulfonamides is 1. The van der Waals surface area contributed by atoms with E-state index in [2.05, 4.69) is 4.72 Å². The summed E-state index contributed by atoms with van der Waals surface area (Å²) in [6, 6.07) is 12.1. The Morgan fingerprint density at radius 2 is 1.79 bits per heavy atom. The van der Waals surface area contributed by atoms with E-state index in [9.17, 15) is 13.2 Å². The molecule has 0 spiro atoms. The molecule has 29 heavy (non-hydrogen) atoms. The van der Waals surface area contributed by atoms with Gasteiger partial charge in [0.15, 0.2) is 0 Å². The van der Waals surface area contributed by atoms with Gasteiger partial charge in [0, 0.05) is 0 Å². The predicted molar refractivity (Wildman–Crippen MR) is 112 cm³/mol. The molecule has 0 atom stereocenters. The van der Waals surface area contributed by atoms with Crippen LogP contribution in [-0.2, 0) is 26.0 Å². The van der Waals surface area contributed by atoms with Crippen molar-refractivity contribution < 1.29 is 22.7 Å². The third kappa shape index (κ3) is 4.11. The van der Waals surface area contributed by atoms with Crippen LogP contribution in [0.3, 0.4) is 0 Å². The molecule has 2 aromatic rings. The van der Waals surface area contributed by atoms with Crippen molar-refractivity contribution in [2.24, 2.45) is 0 Å². The number of benzene rings is 2. The van der Waals surface area contributed by atoms with Gasteiger partial charge in [-0.05, 0) is 73.0 Å². The quantitative estimate of drug-likeness (QED) is 0.581. The molecule has 0 radical (unpaired) electrons. The summed E-state index contributed by atoms with van der Waals surface area (Å²) >= 11 is 0. The zero-order valence-electron chi connectivity index (χ0n) is 16.8. The molecule has 2 aromatic carbocycles. The second-order valence-corrected chi connectivity index (χ2v) is 8.57. The first-order chi connectivity index (χ1) is 13.8. The summed E-state index contributed by atoms with van der Waals surface area (Å²) in [4.78, 5) is 12.8. The summed E-state index contributed by atoms with van der Waals surface area (Å²) < 4.78 is 36.5. The van der Waals surface area contributed by atoms with E-state index in [1.54, 1.807) is 25.3 Å². The van der Waals surface area contributed by atoms with Gasteiger partial charge in [-0.2, -0.15) is 0 Å². The molecule has 0 bridgehead atoms. The van der Waals surface area contributed by atoms with E-state index in [0.717, 1.165) is 28.7 Å². The Labute approximate surface area is 170 Å². The summed E-state index contributed by atoms with van der Waals surface area (Å²) in [5.74, 6) is 0.253. The Morgan fingerprint density at radius 3 is 2.38 bits per heavy atom. The molecule has 1 aliphatic rings. The number of hydrogen-bond donors (Lipinski definition) is 1. The van der Waals surface area contributed by atoms with Crippen LogP contribution in [0, 0.1) is 0 Å². The first-order valence-corrected chi connectivity index (χ1v) is 10.5. The lowest BCUT2D eigenvalue weighted by Crippen LogP contribution is -2.18. The number of carbonyl (C=O) groups is 1. The van der Waals surface area contributed by atoms with Gasteiger partial charge in [0.1, 0.15) is 5.75 Å². The number of nitrogens with one attached hydrogen (secondary N) is 1. The monoisotopic (exact) mass is 413 g/mol. The number of esters is 1. The number of methoxy groups -OCH3 is 2. The number of carbonyl (C=O) groups excluding carboxylic acids is 1. The normalized spacial score (nSPS) is 14.0. The molecular formula is C22H23NO5S. The van der Waals surface area contributed by atoms with Gasteiger partial charge in [-0.3, -0.25) is 0 Å². The Balaban J connectivity index is 2.09. The third-order valence-corrected chi connectivity index (χ3v) is 6.34. The standard InChI is InChI=1S/C22H23NO5S/c1-14-11-16-7-8-17(27-3)13-19(16)21(14)20(22(24)28-4)12-15-5-9-18(10-6-15)29(25,26)23-2/h5-10,12-13,23H,11H2,1-4H3. The topological polar surface area (TPSA) is 81.7 Å². The number of hydrogen-bond acceptors (Lipinski definition) is 5. The smallest absolute Gasteiger partial charge is 0.338 e. The lowest BCUT2D eigenvalue weighted by atomic mass is 9.95. The Kier molecular flexibility index (Phi) is 5.91. The highest BCUT2D eigenvalue weighted by molar-refractivity contribution is 7.89. The highest BCUT2D eigenvalue weighted by Gasteiger charge is 2.26. The van der Waals surface area contributed by atoms with Crippen molar-refractivity contribution in [3.63, 3.8) is 0 Å². The summed E-state index contributed by atoms with van der Waals surface area (Å²) in [5, 5.41) is 0. The fourth-order valence-electron chi connectivity index (χ4n) is 3.42. The summed E-state index contributed by atoms with van der Waals surface area (Å²) in [6.45, 7) is 1.99. The second kappa shape index (κ2) is 8.23. The molecule has 0 saturated heterocycles. The molecule has 0 aromatic heterocycles. The van der Waals surface area contributed by atoms with Crippen molar-refractivity contribution in [2.75, 3.05) is 21.3 Å². The Morgan fingerprint density at radius 1 is 1.10 bits per heavy atom. The van der Waals surface area contributed by atoms with Crippen LogP contribution in [0.15, 0.2) is 58.5 Å². The van der Waals surface area contributed by atoms with Crippen molar-refractivity contribution in [3.8, 4) is 5.75 Å². The maximum atomic E-state index is 12.6. The van der Waals surface area contributed by atoms with Crippen LogP contribution in [0.25, 0.3) is 11.6 Å². The van der Waals surface area contributed by atoms with Crippen LogP contribution in [0.4, 0.5) is 0 Å². The van der Waals surface area contributed by atoms with Crippen LogP contribution in [0.5, 0.6) is 5.75 Å². The minimum Gasteiger partial charge on any atom is -0.497 e. The fourth-order valence-corrected chi connectivity index (χ4v) is 4.15. The van der Waals surface area contributed by atoms with Crippen LogP contribution in [-0.4, -0.2) is 35.7 Å². The van der Waals surface area contributed by atoms with E-state index in [1.165, 1.54) is 26.3 Å². The molecule has 1 aliphatic carbocycles. The molecule has 0 aliphatic heterocycles. The average Bonchev–Trinajstić information content (AvgIpc) is 3.06. The first kappa shape index (κ1) is 20.8. The van der Waals surface area contributed by atoms with Crippen LogP contribution in [0.1, 0.15) is 23.6 Å². The second-order valence-electron chi connectivity index (χ2n) is 6.68. The van der Waals surface area contributed by atoms with E-state index in [-0.39, 0.29) is 4.90 Å². The zero-order valence-corrected chi connectivity index (χ0v) is 17.6. The van der Waals surface area contributed by atoms with Crippen LogP contribution < -0.4 is 9.46 Å². The molecule has 152 valence electrons. The number of rotatable bonds is 6. The molecule has 0 heterocycles. The zero-order chi connectivity index (χ0) is 21.2. The van der Waals surface area contributed by atoms with E-state index in [0.29, 0.717) is 16.9 Å². The minimum absolute atomic E-state index is 0.156. The third-order valence-electron chi connectivity index (χ3n) is 4.91. The molecule has 3 rings (SSSR count). The van der Waals surface area contributed by atoms with Crippen LogP contribution >= 0.6 is 0 Å². The van der Waals surface area contributed by atoms with Crippen molar-refractivity contribution in [1.82, 2.24) is 4.72 Å². The van der Waals surface area contributed by atoms with Gasteiger partial charge < -0.3 is 9.47 Å². The van der Waals surface area contributed by atoms with E-state index in [1.807, 2.05) is 25.1 Å². The Bertz CT molecular complexity index is 1110. The van der Waals surface area contributed by atoms with Crippen molar-refractivity contribution in [2.45, 2.75) is 18.2 Å². The van der Waals surface area contributed by atoms with Gasteiger partial charge in [0.2, 0.25) is 10.0 Å². The molecule has 0 unspecified atom stereocenters. The van der Waals surface area contributed by atoms with Crippen LogP contribution in [0.2, 0.25) is 0 Å². The maximum Gasteiger partial charge on any atom is 0.338 e. The van der Waals surface area contributed by atoms with E-state index >= 15 is 0 Å². The lowest BCUT2D eigenvalue weighted by molar-refractivity contribution is -0.135. The number of ether oxygens (including phenoxy) is 2. The lowest BCUT2D eigenvalue weighted by Gasteiger charge is -2.12. The van der Waals surface area contributed by atoms with E-state index < -0.39 is 16.0 Å². The first-order valence-electron chi connectivity index (χ1n) is 9.01. The van der Waals surface area contributed by atoms with Gasteiger partial charge in [0.25, 0.3) is 0 Å². The molecule has 6 nitrogen and oxygen atoms in total. The van der Waals surface area contributed by atoms with E-state index in [4.69, 9.17) is 9.47 Å². The maximum absolute atomic E-state index is 12.6. The SMILES string of the molecule is CNS(=O)(=O)c1ccc(C=C(C(=O)OC)C2=C(C)Cc3ccc(OC)cc32)cc1. The van der Waals surface area contributed by atoms with Gasteiger partial charge >= 0.3 is 5.97 Å². The molecule has 1 N–H and O–H groups in total. The number of fused-ring (bicyclic) bond motifs is 1. The minimum atomic E-state index is -3.52. The molecule has 7 heteroatoms. The molecular weight excluding hydrogens is 390 g/mol. The fraction of sp³-hybridized carbons (Fsp3) is 0.227. The Hall–Kier alpha value is -2.90. The van der Waals surface area contributed by atoms with Gasteiger partial charge in [-0.25, -0.2) is 17.9 Å².